The van der Waals surface area contributed by atoms with E-state index in [0.29, 0.717) is 12.8 Å². The van der Waals surface area contributed by atoms with E-state index in [1.54, 1.807) is 27.7 Å². The van der Waals surface area contributed by atoms with Gasteiger partial charge in [0.2, 0.25) is 0 Å². The standard InChI is InChI=1S/C14H27NO5S/c1-10(9-16)15(13(17)20-14(2,3)4)11-7-6-8-12(11)21(5,18)19/h10-12,16H,6-9H2,1-5H3. The summed E-state index contributed by atoms with van der Waals surface area (Å²) in [5, 5.41) is 8.82. The summed E-state index contributed by atoms with van der Waals surface area (Å²) in [7, 11) is -3.25. The molecule has 0 spiro atoms. The summed E-state index contributed by atoms with van der Waals surface area (Å²) in [4.78, 5) is 13.8. The van der Waals surface area contributed by atoms with E-state index in [4.69, 9.17) is 4.74 Å². The Balaban J connectivity index is 3.05. The molecule has 7 heteroatoms. The summed E-state index contributed by atoms with van der Waals surface area (Å²) in [5.41, 5.74) is -0.663. The number of hydrogen-bond acceptors (Lipinski definition) is 5. The number of aliphatic hydroxyl groups is 1. The lowest BCUT2D eigenvalue weighted by molar-refractivity contribution is 0.000706. The first-order valence-corrected chi connectivity index (χ1v) is 9.24. The second-order valence-corrected chi connectivity index (χ2v) is 9.05. The maximum atomic E-state index is 12.4. The fourth-order valence-electron chi connectivity index (χ4n) is 2.77. The number of carbonyl (C=O) groups excluding carboxylic acids is 1. The Morgan fingerprint density at radius 1 is 1.38 bits per heavy atom. The smallest absolute Gasteiger partial charge is 0.410 e. The zero-order valence-electron chi connectivity index (χ0n) is 13.5. The van der Waals surface area contributed by atoms with Crippen molar-refractivity contribution in [2.24, 2.45) is 0 Å². The molecule has 1 N–H and O–H groups in total. The Morgan fingerprint density at radius 3 is 2.38 bits per heavy atom. The molecule has 1 aliphatic rings. The molecule has 3 atom stereocenters. The van der Waals surface area contributed by atoms with E-state index in [0.717, 1.165) is 6.42 Å². The first-order chi connectivity index (χ1) is 9.47. The van der Waals surface area contributed by atoms with Crippen LogP contribution in [0.5, 0.6) is 0 Å². The van der Waals surface area contributed by atoms with Gasteiger partial charge in [0.25, 0.3) is 0 Å². The topological polar surface area (TPSA) is 83.9 Å². The van der Waals surface area contributed by atoms with Crippen molar-refractivity contribution in [1.82, 2.24) is 4.90 Å². The van der Waals surface area contributed by atoms with Gasteiger partial charge in [-0.25, -0.2) is 13.2 Å². The van der Waals surface area contributed by atoms with Crippen LogP contribution < -0.4 is 0 Å². The molecule has 0 aromatic carbocycles. The highest BCUT2D eigenvalue weighted by Gasteiger charge is 2.43. The minimum absolute atomic E-state index is 0.230. The van der Waals surface area contributed by atoms with Crippen molar-refractivity contribution >= 4 is 15.9 Å². The van der Waals surface area contributed by atoms with E-state index in [1.807, 2.05) is 0 Å². The molecular formula is C14H27NO5S. The number of amides is 1. The molecular weight excluding hydrogens is 294 g/mol. The van der Waals surface area contributed by atoms with Gasteiger partial charge in [-0.15, -0.1) is 0 Å². The zero-order valence-corrected chi connectivity index (χ0v) is 14.3. The van der Waals surface area contributed by atoms with Crippen molar-refractivity contribution in [3.63, 3.8) is 0 Å². The number of carbonyl (C=O) groups is 1. The number of sulfone groups is 1. The van der Waals surface area contributed by atoms with Crippen LogP contribution in [0.15, 0.2) is 0 Å². The van der Waals surface area contributed by atoms with Crippen molar-refractivity contribution in [3.8, 4) is 0 Å². The first kappa shape index (κ1) is 18.2. The van der Waals surface area contributed by atoms with Gasteiger partial charge in [0.1, 0.15) is 5.60 Å². The van der Waals surface area contributed by atoms with Gasteiger partial charge in [0.15, 0.2) is 9.84 Å². The van der Waals surface area contributed by atoms with E-state index < -0.39 is 38.9 Å². The predicted molar refractivity (Wildman–Crippen MR) is 80.9 cm³/mol. The van der Waals surface area contributed by atoms with Gasteiger partial charge in [0, 0.05) is 6.26 Å². The molecule has 1 saturated carbocycles. The Bertz CT molecular complexity index is 468. The molecule has 0 aliphatic heterocycles. The molecule has 21 heavy (non-hydrogen) atoms. The summed E-state index contributed by atoms with van der Waals surface area (Å²) in [6.45, 7) is 6.74. The zero-order chi connectivity index (χ0) is 16.4. The van der Waals surface area contributed by atoms with Crippen LogP contribution >= 0.6 is 0 Å². The van der Waals surface area contributed by atoms with Crippen LogP contribution in [0, 0.1) is 0 Å². The Hall–Kier alpha value is -0.820. The van der Waals surface area contributed by atoms with Crippen LogP contribution in [-0.2, 0) is 14.6 Å². The van der Waals surface area contributed by atoms with E-state index in [1.165, 1.54) is 11.2 Å². The van der Waals surface area contributed by atoms with Gasteiger partial charge in [-0.2, -0.15) is 0 Å². The summed E-state index contributed by atoms with van der Waals surface area (Å²) < 4.78 is 29.2. The highest BCUT2D eigenvalue weighted by atomic mass is 32.2. The van der Waals surface area contributed by atoms with Crippen LogP contribution in [0.25, 0.3) is 0 Å². The lowest BCUT2D eigenvalue weighted by atomic mass is 10.1. The number of ether oxygens (including phenoxy) is 1. The lowest BCUT2D eigenvalue weighted by Gasteiger charge is -2.37. The Kier molecular flexibility index (Phi) is 5.66. The normalized spacial score (nSPS) is 24.7. The SMILES string of the molecule is CC(CO)N(C(=O)OC(C)(C)C)C1CCCC1S(C)(=O)=O. The third kappa shape index (κ3) is 4.85. The van der Waals surface area contributed by atoms with Gasteiger partial charge in [0.05, 0.1) is 23.9 Å². The van der Waals surface area contributed by atoms with E-state index in [9.17, 15) is 18.3 Å². The average molecular weight is 321 g/mol. The molecule has 0 bridgehead atoms. The Labute approximate surface area is 127 Å². The van der Waals surface area contributed by atoms with E-state index in [-0.39, 0.29) is 6.61 Å². The molecule has 1 amide bonds. The highest BCUT2D eigenvalue weighted by Crippen LogP contribution is 2.31. The van der Waals surface area contributed by atoms with Crippen molar-refractivity contribution in [2.75, 3.05) is 12.9 Å². The predicted octanol–water partition coefficient (Wildman–Crippen LogP) is 1.57. The third-order valence-electron chi connectivity index (χ3n) is 3.67. The van der Waals surface area contributed by atoms with Gasteiger partial charge >= 0.3 is 6.09 Å². The summed E-state index contributed by atoms with van der Waals surface area (Å²) in [6.07, 6.45) is 2.54. The molecule has 1 rings (SSSR count). The minimum atomic E-state index is -3.25. The van der Waals surface area contributed by atoms with Gasteiger partial charge < -0.3 is 9.84 Å². The molecule has 3 unspecified atom stereocenters. The molecule has 0 aromatic rings. The van der Waals surface area contributed by atoms with Crippen LogP contribution in [0.2, 0.25) is 0 Å². The number of rotatable bonds is 4. The van der Waals surface area contributed by atoms with Gasteiger partial charge in [-0.3, -0.25) is 4.90 Å². The molecule has 0 radical (unpaired) electrons. The molecule has 0 aromatic heterocycles. The summed E-state index contributed by atoms with van der Waals surface area (Å²) >= 11 is 0. The molecule has 0 saturated heterocycles. The lowest BCUT2D eigenvalue weighted by Crippen LogP contribution is -2.53. The van der Waals surface area contributed by atoms with Crippen molar-refractivity contribution in [2.45, 2.75) is 69.9 Å². The van der Waals surface area contributed by atoms with E-state index in [2.05, 4.69) is 0 Å². The summed E-state index contributed by atoms with van der Waals surface area (Å²) in [5.74, 6) is 0. The van der Waals surface area contributed by atoms with Crippen molar-refractivity contribution < 1.29 is 23.1 Å². The third-order valence-corrected chi connectivity index (χ3v) is 5.32. The largest absolute Gasteiger partial charge is 0.444 e. The molecule has 1 aliphatic carbocycles. The van der Waals surface area contributed by atoms with Crippen LogP contribution in [0.4, 0.5) is 4.79 Å². The van der Waals surface area contributed by atoms with E-state index >= 15 is 0 Å². The molecule has 0 heterocycles. The van der Waals surface area contributed by atoms with Gasteiger partial charge in [-0.1, -0.05) is 0 Å². The molecule has 1 fully saturated rings. The maximum Gasteiger partial charge on any atom is 0.410 e. The van der Waals surface area contributed by atoms with Crippen LogP contribution in [0.1, 0.15) is 47.0 Å². The monoisotopic (exact) mass is 321 g/mol. The Morgan fingerprint density at radius 2 is 1.95 bits per heavy atom. The number of aliphatic hydroxyl groups excluding tert-OH is 1. The highest BCUT2D eigenvalue weighted by molar-refractivity contribution is 7.91. The van der Waals surface area contributed by atoms with Gasteiger partial charge in [-0.05, 0) is 47.0 Å². The molecule has 124 valence electrons. The quantitative estimate of drug-likeness (QED) is 0.849. The fourth-order valence-corrected chi connectivity index (χ4v) is 4.20. The van der Waals surface area contributed by atoms with Crippen LogP contribution in [0.3, 0.4) is 0 Å². The van der Waals surface area contributed by atoms with Crippen molar-refractivity contribution in [1.29, 1.82) is 0 Å². The first-order valence-electron chi connectivity index (χ1n) is 7.28. The number of hydrogen-bond donors (Lipinski definition) is 1. The van der Waals surface area contributed by atoms with Crippen LogP contribution in [-0.4, -0.2) is 60.3 Å². The number of nitrogens with zero attached hydrogens (tertiary/aromatic N) is 1. The average Bonchev–Trinajstić information content (AvgIpc) is 2.75. The maximum absolute atomic E-state index is 12.4. The van der Waals surface area contributed by atoms with Crippen molar-refractivity contribution in [3.05, 3.63) is 0 Å². The molecule has 6 nitrogen and oxygen atoms in total. The second kappa shape index (κ2) is 6.52. The summed E-state index contributed by atoms with van der Waals surface area (Å²) in [6, 6.07) is -0.913. The second-order valence-electron chi connectivity index (χ2n) is 6.79. The fraction of sp³-hybridized carbons (Fsp3) is 0.929. The minimum Gasteiger partial charge on any atom is -0.444 e.